The second-order valence-electron chi connectivity index (χ2n) is 3.75. The van der Waals surface area contributed by atoms with Crippen LogP contribution in [0.2, 0.25) is 0 Å². The van der Waals surface area contributed by atoms with E-state index < -0.39 is 12.4 Å². The highest BCUT2D eigenvalue weighted by Gasteiger charge is 2.18. The lowest BCUT2D eigenvalue weighted by molar-refractivity contribution is -0.142. The van der Waals surface area contributed by atoms with Crippen LogP contribution < -0.4 is 5.73 Å². The van der Waals surface area contributed by atoms with Crippen molar-refractivity contribution in [2.75, 3.05) is 6.61 Å². The molecule has 0 radical (unpaired) electrons. The molecule has 0 aliphatic rings. The monoisotopic (exact) mass is 258 g/mol. The van der Waals surface area contributed by atoms with Gasteiger partial charge in [0.05, 0.1) is 18.7 Å². The molecule has 6 heteroatoms. The molecule has 0 bridgehead atoms. The highest BCUT2D eigenvalue weighted by Crippen LogP contribution is 2.25. The summed E-state index contributed by atoms with van der Waals surface area (Å²) in [5.41, 5.74) is 6.66. The zero-order chi connectivity index (χ0) is 13.7. The van der Waals surface area contributed by atoms with Gasteiger partial charge in [-0.2, -0.15) is 0 Å². The van der Waals surface area contributed by atoms with Crippen molar-refractivity contribution >= 4 is 5.97 Å². The Balaban J connectivity index is 3.07. The summed E-state index contributed by atoms with van der Waals surface area (Å²) in [5, 5.41) is 0. The van der Waals surface area contributed by atoms with Crippen molar-refractivity contribution < 1.29 is 18.3 Å². The van der Waals surface area contributed by atoms with Crippen LogP contribution in [0.4, 0.5) is 8.78 Å². The standard InChI is InChI=1S/C12H16F2N2O2/c1-3-18-11(17)4-10-8(5-15)7(2)9(6-16-10)12(13)14/h6,12H,3-5,15H2,1-2H3. The number of esters is 1. The first-order valence-electron chi connectivity index (χ1n) is 5.62. The molecule has 4 nitrogen and oxygen atoms in total. The summed E-state index contributed by atoms with van der Waals surface area (Å²) in [5.74, 6) is -0.441. The van der Waals surface area contributed by atoms with E-state index in [1.54, 1.807) is 13.8 Å². The van der Waals surface area contributed by atoms with E-state index in [4.69, 9.17) is 10.5 Å². The average molecular weight is 258 g/mol. The lowest BCUT2D eigenvalue weighted by Crippen LogP contribution is -2.15. The predicted molar refractivity (Wildman–Crippen MR) is 62.2 cm³/mol. The molecule has 0 aromatic carbocycles. The number of carbonyl (C=O) groups excluding carboxylic acids is 1. The molecule has 0 aliphatic carbocycles. The summed E-state index contributed by atoms with van der Waals surface area (Å²) >= 11 is 0. The van der Waals surface area contributed by atoms with Crippen LogP contribution in [0.15, 0.2) is 6.20 Å². The van der Waals surface area contributed by atoms with E-state index in [-0.39, 0.29) is 25.1 Å². The first kappa shape index (κ1) is 14.5. The summed E-state index contributed by atoms with van der Waals surface area (Å²) in [6.07, 6.45) is -1.56. The fourth-order valence-electron chi connectivity index (χ4n) is 1.70. The Morgan fingerprint density at radius 1 is 1.56 bits per heavy atom. The van der Waals surface area contributed by atoms with E-state index in [2.05, 4.69) is 4.98 Å². The third-order valence-corrected chi connectivity index (χ3v) is 2.65. The Morgan fingerprint density at radius 3 is 2.72 bits per heavy atom. The van der Waals surface area contributed by atoms with Gasteiger partial charge in [-0.05, 0) is 25.0 Å². The minimum Gasteiger partial charge on any atom is -0.466 e. The van der Waals surface area contributed by atoms with Gasteiger partial charge >= 0.3 is 5.97 Å². The number of alkyl halides is 2. The highest BCUT2D eigenvalue weighted by atomic mass is 19.3. The van der Waals surface area contributed by atoms with Gasteiger partial charge in [0.1, 0.15) is 0 Å². The van der Waals surface area contributed by atoms with Crippen LogP contribution in [0.5, 0.6) is 0 Å². The van der Waals surface area contributed by atoms with E-state index in [1.165, 1.54) is 0 Å². The first-order valence-corrected chi connectivity index (χ1v) is 5.62. The van der Waals surface area contributed by atoms with E-state index in [0.29, 0.717) is 16.8 Å². The Hall–Kier alpha value is -1.56. The van der Waals surface area contributed by atoms with Crippen molar-refractivity contribution in [2.45, 2.75) is 33.2 Å². The molecule has 1 aromatic heterocycles. The normalized spacial score (nSPS) is 10.8. The van der Waals surface area contributed by atoms with Gasteiger partial charge < -0.3 is 10.5 Å². The van der Waals surface area contributed by atoms with E-state index in [1.807, 2.05) is 0 Å². The van der Waals surface area contributed by atoms with Crippen LogP contribution >= 0.6 is 0 Å². The number of hydrogen-bond acceptors (Lipinski definition) is 4. The predicted octanol–water partition coefficient (Wildman–Crippen LogP) is 1.89. The summed E-state index contributed by atoms with van der Waals surface area (Å²) < 4.78 is 30.2. The third kappa shape index (κ3) is 3.22. The number of aromatic nitrogens is 1. The molecule has 0 fully saturated rings. The first-order chi connectivity index (χ1) is 8.51. The fourth-order valence-corrected chi connectivity index (χ4v) is 1.70. The van der Waals surface area contributed by atoms with Gasteiger partial charge in [-0.25, -0.2) is 8.78 Å². The molecule has 100 valence electrons. The van der Waals surface area contributed by atoms with Crippen LogP contribution in [-0.4, -0.2) is 17.6 Å². The van der Waals surface area contributed by atoms with E-state index in [0.717, 1.165) is 6.20 Å². The van der Waals surface area contributed by atoms with Crippen LogP contribution in [0, 0.1) is 6.92 Å². The maximum absolute atomic E-state index is 12.7. The molecule has 1 aromatic rings. The molecule has 1 rings (SSSR count). The van der Waals surface area contributed by atoms with E-state index >= 15 is 0 Å². The Kier molecular flexibility index (Phi) is 5.15. The molecule has 0 saturated carbocycles. The van der Waals surface area contributed by atoms with Gasteiger partial charge in [-0.1, -0.05) is 0 Å². The average Bonchev–Trinajstić information content (AvgIpc) is 2.29. The lowest BCUT2D eigenvalue weighted by atomic mass is 10.0. The maximum atomic E-state index is 12.7. The third-order valence-electron chi connectivity index (χ3n) is 2.65. The van der Waals surface area contributed by atoms with Crippen molar-refractivity contribution in [1.29, 1.82) is 0 Å². The second kappa shape index (κ2) is 6.39. The number of ether oxygens (including phenoxy) is 1. The number of pyridine rings is 1. The van der Waals surface area contributed by atoms with Gasteiger partial charge in [0, 0.05) is 18.3 Å². The molecular weight excluding hydrogens is 242 g/mol. The highest BCUT2D eigenvalue weighted by molar-refractivity contribution is 5.72. The smallest absolute Gasteiger partial charge is 0.311 e. The van der Waals surface area contributed by atoms with Crippen LogP contribution in [0.25, 0.3) is 0 Å². The van der Waals surface area contributed by atoms with Crippen LogP contribution in [-0.2, 0) is 22.5 Å². The number of hydrogen-bond donors (Lipinski definition) is 1. The maximum Gasteiger partial charge on any atom is 0.311 e. The number of nitrogens with zero attached hydrogens (tertiary/aromatic N) is 1. The zero-order valence-electron chi connectivity index (χ0n) is 10.4. The quantitative estimate of drug-likeness (QED) is 0.819. The molecule has 0 spiro atoms. The van der Waals surface area contributed by atoms with E-state index in [9.17, 15) is 13.6 Å². The second-order valence-corrected chi connectivity index (χ2v) is 3.75. The van der Waals surface area contributed by atoms with Gasteiger partial charge in [0.15, 0.2) is 0 Å². The van der Waals surface area contributed by atoms with Crippen LogP contribution in [0.1, 0.15) is 35.7 Å². The molecule has 1 heterocycles. The number of rotatable bonds is 5. The molecule has 0 amide bonds. The SMILES string of the molecule is CCOC(=O)Cc1ncc(C(F)F)c(C)c1CN. The Labute approximate surface area is 104 Å². The molecule has 2 N–H and O–H groups in total. The summed E-state index contributed by atoms with van der Waals surface area (Å²) in [4.78, 5) is 15.3. The fraction of sp³-hybridized carbons (Fsp3) is 0.500. The lowest BCUT2D eigenvalue weighted by Gasteiger charge is -2.13. The minimum absolute atomic E-state index is 0.0509. The van der Waals surface area contributed by atoms with Crippen molar-refractivity contribution in [3.63, 3.8) is 0 Å². The molecule has 18 heavy (non-hydrogen) atoms. The summed E-state index contributed by atoms with van der Waals surface area (Å²) in [6.45, 7) is 3.58. The summed E-state index contributed by atoms with van der Waals surface area (Å²) in [6, 6.07) is 0. The van der Waals surface area contributed by atoms with Gasteiger partial charge in [0.25, 0.3) is 6.43 Å². The van der Waals surface area contributed by atoms with Crippen molar-refractivity contribution in [2.24, 2.45) is 5.73 Å². The minimum atomic E-state index is -2.60. The van der Waals surface area contributed by atoms with Gasteiger partial charge in [0.2, 0.25) is 0 Å². The number of halogens is 2. The Bertz CT molecular complexity index is 436. The molecule has 0 unspecified atom stereocenters. The van der Waals surface area contributed by atoms with Crippen molar-refractivity contribution in [3.05, 3.63) is 28.6 Å². The van der Waals surface area contributed by atoms with Gasteiger partial charge in [-0.3, -0.25) is 9.78 Å². The molecule has 0 saturated heterocycles. The number of carbonyl (C=O) groups is 1. The zero-order valence-corrected chi connectivity index (χ0v) is 10.4. The number of nitrogens with two attached hydrogens (primary N) is 1. The largest absolute Gasteiger partial charge is 0.466 e. The van der Waals surface area contributed by atoms with Crippen molar-refractivity contribution in [3.8, 4) is 0 Å². The van der Waals surface area contributed by atoms with Crippen molar-refractivity contribution in [1.82, 2.24) is 4.98 Å². The molecule has 0 aliphatic heterocycles. The van der Waals surface area contributed by atoms with Gasteiger partial charge in [-0.15, -0.1) is 0 Å². The van der Waals surface area contributed by atoms with Crippen LogP contribution in [0.3, 0.4) is 0 Å². The summed E-state index contributed by atoms with van der Waals surface area (Å²) in [7, 11) is 0. The topological polar surface area (TPSA) is 65.2 Å². The Morgan fingerprint density at radius 2 is 2.22 bits per heavy atom. The molecule has 0 atom stereocenters. The molecular formula is C12H16F2N2O2.